The van der Waals surface area contributed by atoms with Gasteiger partial charge in [-0.1, -0.05) is 53.2 Å². The minimum atomic E-state index is -3.46. The third-order valence-electron chi connectivity index (χ3n) is 3.24. The van der Waals surface area contributed by atoms with Crippen LogP contribution in [0, 0.1) is 0 Å². The fraction of sp³-hybridized carbons (Fsp3) is 0.250. The van der Waals surface area contributed by atoms with Crippen molar-refractivity contribution in [1.29, 1.82) is 0 Å². The Bertz CT molecular complexity index is 699. The molecule has 0 bridgehead atoms. The largest absolute Gasteiger partial charge is 0.240 e. The zero-order chi connectivity index (χ0) is 15.3. The third kappa shape index (κ3) is 4.40. The molecular formula is C16H18BrNO2S. The molecule has 0 saturated heterocycles. The van der Waals surface area contributed by atoms with E-state index in [1.54, 1.807) is 12.1 Å². The molecule has 112 valence electrons. The third-order valence-corrected chi connectivity index (χ3v) is 5.30. The number of aryl methyl sites for hydroxylation is 1. The van der Waals surface area contributed by atoms with E-state index >= 15 is 0 Å². The summed E-state index contributed by atoms with van der Waals surface area (Å²) < 4.78 is 28.3. The van der Waals surface area contributed by atoms with Crippen LogP contribution < -0.4 is 4.72 Å². The Balaban J connectivity index is 2.08. The zero-order valence-electron chi connectivity index (χ0n) is 11.8. The summed E-state index contributed by atoms with van der Waals surface area (Å²) in [5.41, 5.74) is 1.93. The molecule has 21 heavy (non-hydrogen) atoms. The van der Waals surface area contributed by atoms with Gasteiger partial charge in [-0.15, -0.1) is 0 Å². The Morgan fingerprint density at radius 2 is 1.81 bits per heavy atom. The van der Waals surface area contributed by atoms with Crippen LogP contribution in [-0.4, -0.2) is 15.0 Å². The van der Waals surface area contributed by atoms with E-state index in [9.17, 15) is 8.42 Å². The topological polar surface area (TPSA) is 46.2 Å². The molecule has 0 heterocycles. The molecule has 2 aromatic rings. The quantitative estimate of drug-likeness (QED) is 0.848. The van der Waals surface area contributed by atoms with E-state index in [2.05, 4.69) is 20.7 Å². The van der Waals surface area contributed by atoms with Crippen LogP contribution >= 0.6 is 15.9 Å². The first-order valence-corrected chi connectivity index (χ1v) is 9.12. The minimum Gasteiger partial charge on any atom is -0.211 e. The number of hydrogen-bond acceptors (Lipinski definition) is 2. The van der Waals surface area contributed by atoms with Gasteiger partial charge in [0.2, 0.25) is 10.0 Å². The normalized spacial score (nSPS) is 11.5. The van der Waals surface area contributed by atoms with E-state index in [1.807, 2.05) is 43.3 Å². The molecule has 0 aliphatic heterocycles. The van der Waals surface area contributed by atoms with E-state index in [1.165, 1.54) is 0 Å². The minimum absolute atomic E-state index is 0.362. The highest BCUT2D eigenvalue weighted by Gasteiger charge is 2.17. The Kier molecular flexibility index (Phi) is 5.56. The summed E-state index contributed by atoms with van der Waals surface area (Å²) in [6.45, 7) is 2.34. The lowest BCUT2D eigenvalue weighted by Crippen LogP contribution is -2.26. The van der Waals surface area contributed by atoms with Crippen molar-refractivity contribution in [1.82, 2.24) is 4.72 Å². The molecule has 3 nitrogen and oxygen atoms in total. The Labute approximate surface area is 134 Å². The van der Waals surface area contributed by atoms with Crippen molar-refractivity contribution >= 4 is 26.0 Å². The molecule has 0 aromatic heterocycles. The van der Waals surface area contributed by atoms with Crippen LogP contribution in [0.2, 0.25) is 0 Å². The Morgan fingerprint density at radius 3 is 2.48 bits per heavy atom. The van der Waals surface area contributed by atoms with Crippen LogP contribution in [0.15, 0.2) is 57.9 Å². The second-order valence-corrected chi connectivity index (χ2v) is 7.39. The SMILES string of the molecule is CCc1cc(Br)ccc1S(=O)(=O)NCCc1ccccc1. The molecule has 5 heteroatoms. The van der Waals surface area contributed by atoms with Gasteiger partial charge < -0.3 is 0 Å². The molecule has 0 spiro atoms. The van der Waals surface area contributed by atoms with Gasteiger partial charge in [0.05, 0.1) is 4.90 Å². The number of rotatable bonds is 6. The van der Waals surface area contributed by atoms with Crippen LogP contribution in [0.4, 0.5) is 0 Å². The zero-order valence-corrected chi connectivity index (χ0v) is 14.2. The molecule has 1 N–H and O–H groups in total. The predicted molar refractivity (Wildman–Crippen MR) is 88.9 cm³/mol. The van der Waals surface area contributed by atoms with Crippen molar-refractivity contribution in [2.45, 2.75) is 24.7 Å². The van der Waals surface area contributed by atoms with Gasteiger partial charge in [0.15, 0.2) is 0 Å². The van der Waals surface area contributed by atoms with Crippen LogP contribution in [-0.2, 0) is 22.9 Å². The van der Waals surface area contributed by atoms with E-state index in [-0.39, 0.29) is 0 Å². The van der Waals surface area contributed by atoms with Gasteiger partial charge in [-0.25, -0.2) is 13.1 Å². The van der Waals surface area contributed by atoms with Crippen molar-refractivity contribution in [2.24, 2.45) is 0 Å². The van der Waals surface area contributed by atoms with Crippen molar-refractivity contribution in [2.75, 3.05) is 6.54 Å². The highest BCUT2D eigenvalue weighted by atomic mass is 79.9. The van der Waals surface area contributed by atoms with Gasteiger partial charge in [0.25, 0.3) is 0 Å². The van der Waals surface area contributed by atoms with Gasteiger partial charge in [0.1, 0.15) is 0 Å². The molecule has 2 aromatic carbocycles. The number of sulfonamides is 1. The van der Waals surface area contributed by atoms with Crippen molar-refractivity contribution < 1.29 is 8.42 Å². The summed E-state index contributed by atoms with van der Waals surface area (Å²) in [5, 5.41) is 0. The lowest BCUT2D eigenvalue weighted by atomic mass is 10.2. The Morgan fingerprint density at radius 1 is 1.10 bits per heavy atom. The fourth-order valence-electron chi connectivity index (χ4n) is 2.14. The highest BCUT2D eigenvalue weighted by Crippen LogP contribution is 2.21. The maximum Gasteiger partial charge on any atom is 0.240 e. The lowest BCUT2D eigenvalue weighted by molar-refractivity contribution is 0.580. The molecule has 0 unspecified atom stereocenters. The van der Waals surface area contributed by atoms with E-state index in [4.69, 9.17) is 0 Å². The monoisotopic (exact) mass is 367 g/mol. The van der Waals surface area contributed by atoms with Gasteiger partial charge >= 0.3 is 0 Å². The average molecular weight is 368 g/mol. The molecule has 0 radical (unpaired) electrons. The van der Waals surface area contributed by atoms with Crippen molar-refractivity contribution in [3.8, 4) is 0 Å². The van der Waals surface area contributed by atoms with Gasteiger partial charge in [-0.05, 0) is 42.2 Å². The summed E-state index contributed by atoms with van der Waals surface area (Å²) in [6.07, 6.45) is 1.35. The fourth-order valence-corrected chi connectivity index (χ4v) is 3.87. The smallest absolute Gasteiger partial charge is 0.211 e. The number of halogens is 1. The molecule has 0 atom stereocenters. The summed E-state index contributed by atoms with van der Waals surface area (Å²) >= 11 is 3.37. The number of hydrogen-bond donors (Lipinski definition) is 1. The van der Waals surface area contributed by atoms with Gasteiger partial charge in [0, 0.05) is 11.0 Å². The summed E-state index contributed by atoms with van der Waals surface area (Å²) in [4.78, 5) is 0.362. The van der Waals surface area contributed by atoms with Gasteiger partial charge in [-0.3, -0.25) is 0 Å². The molecular weight excluding hydrogens is 350 g/mol. The average Bonchev–Trinajstić information content (AvgIpc) is 2.47. The molecule has 0 aliphatic rings. The van der Waals surface area contributed by atoms with Crippen LogP contribution in [0.3, 0.4) is 0 Å². The predicted octanol–water partition coefficient (Wildman–Crippen LogP) is 3.53. The maximum atomic E-state index is 12.4. The van der Waals surface area contributed by atoms with E-state index in [0.29, 0.717) is 24.3 Å². The molecule has 0 fully saturated rings. The van der Waals surface area contributed by atoms with Gasteiger partial charge in [-0.2, -0.15) is 0 Å². The lowest BCUT2D eigenvalue weighted by Gasteiger charge is -2.11. The standard InChI is InChI=1S/C16H18BrNO2S/c1-2-14-12-15(17)8-9-16(14)21(19,20)18-11-10-13-6-4-3-5-7-13/h3-9,12,18H,2,10-11H2,1H3. The van der Waals surface area contributed by atoms with Crippen molar-refractivity contribution in [3.05, 3.63) is 64.1 Å². The summed E-state index contributed by atoms with van der Waals surface area (Å²) in [7, 11) is -3.46. The first-order chi connectivity index (χ1) is 10.0. The second kappa shape index (κ2) is 7.20. The summed E-state index contributed by atoms with van der Waals surface area (Å²) in [6, 6.07) is 15.1. The summed E-state index contributed by atoms with van der Waals surface area (Å²) in [5.74, 6) is 0. The number of benzene rings is 2. The Hall–Kier alpha value is -1.17. The first kappa shape index (κ1) is 16.2. The molecule has 2 rings (SSSR count). The molecule has 0 saturated carbocycles. The van der Waals surface area contributed by atoms with E-state index in [0.717, 1.165) is 15.6 Å². The van der Waals surface area contributed by atoms with E-state index < -0.39 is 10.0 Å². The van der Waals surface area contributed by atoms with Crippen LogP contribution in [0.5, 0.6) is 0 Å². The van der Waals surface area contributed by atoms with Crippen molar-refractivity contribution in [3.63, 3.8) is 0 Å². The van der Waals surface area contributed by atoms with Crippen LogP contribution in [0.1, 0.15) is 18.1 Å². The first-order valence-electron chi connectivity index (χ1n) is 6.85. The second-order valence-electron chi connectivity index (χ2n) is 4.74. The van der Waals surface area contributed by atoms with Crippen LogP contribution in [0.25, 0.3) is 0 Å². The number of nitrogens with one attached hydrogen (secondary N) is 1. The maximum absolute atomic E-state index is 12.4. The molecule has 0 aliphatic carbocycles. The highest BCUT2D eigenvalue weighted by molar-refractivity contribution is 9.10. The molecule has 0 amide bonds.